The third-order valence-corrected chi connectivity index (χ3v) is 1.51. The van der Waals surface area contributed by atoms with Crippen LogP contribution in [0.3, 0.4) is 0 Å². The van der Waals surface area contributed by atoms with E-state index in [1.807, 2.05) is 0 Å². The van der Waals surface area contributed by atoms with Gasteiger partial charge in [-0.05, 0) is 0 Å². The molecule has 0 saturated carbocycles. The van der Waals surface area contributed by atoms with Crippen molar-refractivity contribution in [2.24, 2.45) is 0 Å². The lowest BCUT2D eigenvalue weighted by Gasteiger charge is -2.14. The first kappa shape index (κ1) is 10.4. The van der Waals surface area contributed by atoms with Crippen molar-refractivity contribution in [3.8, 4) is 0 Å². The predicted octanol–water partition coefficient (Wildman–Crippen LogP) is 0.142. The zero-order valence-electron chi connectivity index (χ0n) is 7.59. The number of aliphatic carboxylic acids is 1. The van der Waals surface area contributed by atoms with Crippen molar-refractivity contribution in [2.75, 3.05) is 13.1 Å². The Bertz CT molecular complexity index is 297. The minimum absolute atomic E-state index is 0.0750. The molecule has 1 heterocycles. The summed E-state index contributed by atoms with van der Waals surface area (Å²) in [4.78, 5) is 15.9. The summed E-state index contributed by atoms with van der Waals surface area (Å²) >= 11 is 0. The molecule has 0 amide bonds. The van der Waals surface area contributed by atoms with Gasteiger partial charge in [0.15, 0.2) is 6.33 Å². The summed E-state index contributed by atoms with van der Waals surface area (Å²) in [6.45, 7) is 4.25. The molecule has 0 aromatic carbocycles. The fourth-order valence-electron chi connectivity index (χ4n) is 1.02. The van der Waals surface area contributed by atoms with E-state index in [1.54, 1.807) is 11.0 Å². The standard InChI is InChI=1S/C8H11N3O3/c1-2-3-11(5-8(12)13)4-7-9-6-10-14-7/h2,6H,1,3-5H2,(H,12,13). The first-order valence-electron chi connectivity index (χ1n) is 4.03. The molecule has 76 valence electrons. The highest BCUT2D eigenvalue weighted by atomic mass is 16.5. The highest BCUT2D eigenvalue weighted by Crippen LogP contribution is 1.99. The number of carboxylic acids is 1. The third-order valence-electron chi connectivity index (χ3n) is 1.51. The zero-order valence-corrected chi connectivity index (χ0v) is 7.59. The molecule has 0 aliphatic heterocycles. The molecule has 0 spiro atoms. The number of aromatic nitrogens is 2. The van der Waals surface area contributed by atoms with E-state index >= 15 is 0 Å². The molecule has 0 atom stereocenters. The van der Waals surface area contributed by atoms with Crippen LogP contribution in [0.4, 0.5) is 0 Å². The van der Waals surface area contributed by atoms with E-state index in [9.17, 15) is 4.79 Å². The minimum Gasteiger partial charge on any atom is -0.480 e. The van der Waals surface area contributed by atoms with E-state index < -0.39 is 5.97 Å². The normalized spacial score (nSPS) is 10.4. The summed E-state index contributed by atoms with van der Waals surface area (Å²) in [6, 6.07) is 0. The van der Waals surface area contributed by atoms with Crippen molar-refractivity contribution in [3.63, 3.8) is 0 Å². The number of carbonyl (C=O) groups is 1. The number of hydrogen-bond acceptors (Lipinski definition) is 5. The van der Waals surface area contributed by atoms with Gasteiger partial charge in [0.1, 0.15) is 0 Å². The number of carboxylic acid groups (broad SMARTS) is 1. The molecule has 0 bridgehead atoms. The second kappa shape index (κ2) is 5.13. The summed E-state index contributed by atoms with van der Waals surface area (Å²) in [6.07, 6.45) is 2.90. The van der Waals surface area contributed by atoms with Crippen molar-refractivity contribution in [3.05, 3.63) is 24.9 Å². The second-order valence-electron chi connectivity index (χ2n) is 2.69. The molecule has 1 aromatic rings. The molecular formula is C8H11N3O3. The molecule has 0 saturated heterocycles. The van der Waals surface area contributed by atoms with Gasteiger partial charge in [-0.25, -0.2) is 0 Å². The van der Waals surface area contributed by atoms with Gasteiger partial charge in [0.2, 0.25) is 5.89 Å². The lowest BCUT2D eigenvalue weighted by Crippen LogP contribution is -2.29. The summed E-state index contributed by atoms with van der Waals surface area (Å²) in [5.41, 5.74) is 0. The van der Waals surface area contributed by atoms with Crippen LogP contribution in [0.2, 0.25) is 0 Å². The highest BCUT2D eigenvalue weighted by molar-refractivity contribution is 5.69. The lowest BCUT2D eigenvalue weighted by molar-refractivity contribution is -0.138. The van der Waals surface area contributed by atoms with E-state index in [0.29, 0.717) is 19.0 Å². The van der Waals surface area contributed by atoms with Crippen LogP contribution in [0, 0.1) is 0 Å². The fraction of sp³-hybridized carbons (Fsp3) is 0.375. The number of hydrogen-bond donors (Lipinski definition) is 1. The Morgan fingerprint density at radius 1 is 1.79 bits per heavy atom. The van der Waals surface area contributed by atoms with Gasteiger partial charge in [0, 0.05) is 6.54 Å². The first-order chi connectivity index (χ1) is 6.72. The van der Waals surface area contributed by atoms with E-state index in [1.165, 1.54) is 6.33 Å². The fourth-order valence-corrected chi connectivity index (χ4v) is 1.02. The molecule has 1 aromatic heterocycles. The smallest absolute Gasteiger partial charge is 0.317 e. The molecule has 0 fully saturated rings. The molecule has 14 heavy (non-hydrogen) atoms. The van der Waals surface area contributed by atoms with Gasteiger partial charge in [-0.15, -0.1) is 6.58 Å². The Kier molecular flexibility index (Phi) is 3.81. The van der Waals surface area contributed by atoms with Crippen molar-refractivity contribution in [1.82, 2.24) is 15.0 Å². The van der Waals surface area contributed by atoms with E-state index in [4.69, 9.17) is 9.63 Å². The lowest BCUT2D eigenvalue weighted by atomic mass is 10.4. The second-order valence-corrected chi connectivity index (χ2v) is 2.69. The maximum absolute atomic E-state index is 10.5. The van der Waals surface area contributed by atoms with Gasteiger partial charge in [-0.3, -0.25) is 9.69 Å². The largest absolute Gasteiger partial charge is 0.480 e. The van der Waals surface area contributed by atoms with E-state index in [-0.39, 0.29) is 6.54 Å². The molecule has 0 unspecified atom stereocenters. The van der Waals surface area contributed by atoms with E-state index in [0.717, 1.165) is 0 Å². The van der Waals surface area contributed by atoms with Crippen LogP contribution in [0.15, 0.2) is 23.5 Å². The van der Waals surface area contributed by atoms with Gasteiger partial charge >= 0.3 is 5.97 Å². The Morgan fingerprint density at radius 2 is 2.57 bits per heavy atom. The molecule has 0 aliphatic carbocycles. The van der Waals surface area contributed by atoms with Gasteiger partial charge in [-0.2, -0.15) is 4.98 Å². The quantitative estimate of drug-likeness (QED) is 0.653. The Hall–Kier alpha value is -1.69. The van der Waals surface area contributed by atoms with Gasteiger partial charge in [0.05, 0.1) is 13.1 Å². The summed E-state index contributed by atoms with van der Waals surface area (Å²) in [5, 5.41) is 12.0. The minimum atomic E-state index is -0.897. The summed E-state index contributed by atoms with van der Waals surface area (Å²) in [5.74, 6) is -0.500. The number of nitrogens with zero attached hydrogens (tertiary/aromatic N) is 3. The summed E-state index contributed by atoms with van der Waals surface area (Å²) in [7, 11) is 0. The van der Waals surface area contributed by atoms with Gasteiger partial charge in [-0.1, -0.05) is 11.2 Å². The highest BCUT2D eigenvalue weighted by Gasteiger charge is 2.11. The SMILES string of the molecule is C=CCN(CC(=O)O)Cc1ncno1. The van der Waals surface area contributed by atoms with Crippen molar-refractivity contribution >= 4 is 5.97 Å². The monoisotopic (exact) mass is 197 g/mol. The number of rotatable bonds is 6. The van der Waals surface area contributed by atoms with Gasteiger partial charge in [0.25, 0.3) is 0 Å². The first-order valence-corrected chi connectivity index (χ1v) is 4.03. The topological polar surface area (TPSA) is 79.5 Å². The molecule has 6 nitrogen and oxygen atoms in total. The molecule has 1 N–H and O–H groups in total. The van der Waals surface area contributed by atoms with Crippen LogP contribution in [-0.2, 0) is 11.3 Å². The summed E-state index contributed by atoms with van der Waals surface area (Å²) < 4.78 is 4.76. The maximum Gasteiger partial charge on any atom is 0.317 e. The maximum atomic E-state index is 10.5. The predicted molar refractivity (Wildman–Crippen MR) is 47.4 cm³/mol. The Balaban J connectivity index is 2.50. The third kappa shape index (κ3) is 3.36. The Labute approximate surface area is 80.8 Å². The van der Waals surface area contributed by atoms with Crippen molar-refractivity contribution in [2.45, 2.75) is 6.54 Å². The van der Waals surface area contributed by atoms with Crippen molar-refractivity contribution in [1.29, 1.82) is 0 Å². The van der Waals surface area contributed by atoms with Crippen LogP contribution in [0.1, 0.15) is 5.89 Å². The molecule has 6 heteroatoms. The van der Waals surface area contributed by atoms with Crippen LogP contribution in [-0.4, -0.2) is 39.2 Å². The molecule has 0 radical (unpaired) electrons. The molecule has 0 aliphatic rings. The Morgan fingerprint density at radius 3 is 3.07 bits per heavy atom. The van der Waals surface area contributed by atoms with E-state index in [2.05, 4.69) is 16.7 Å². The zero-order chi connectivity index (χ0) is 10.4. The van der Waals surface area contributed by atoms with Crippen molar-refractivity contribution < 1.29 is 14.4 Å². The van der Waals surface area contributed by atoms with Gasteiger partial charge < -0.3 is 9.63 Å². The molecule has 1 rings (SSSR count). The average Bonchev–Trinajstić information content (AvgIpc) is 2.56. The van der Waals surface area contributed by atoms with Crippen LogP contribution >= 0.6 is 0 Å². The van der Waals surface area contributed by atoms with Crippen LogP contribution in [0.25, 0.3) is 0 Å². The van der Waals surface area contributed by atoms with Crippen LogP contribution < -0.4 is 0 Å². The van der Waals surface area contributed by atoms with Crippen LogP contribution in [0.5, 0.6) is 0 Å². The average molecular weight is 197 g/mol. The molecular weight excluding hydrogens is 186 g/mol.